The van der Waals surface area contributed by atoms with Crippen LogP contribution in [0.25, 0.3) is 0 Å². The van der Waals surface area contributed by atoms with Gasteiger partial charge in [0.15, 0.2) is 5.82 Å². The fourth-order valence-corrected chi connectivity index (χ4v) is 3.13. The van der Waals surface area contributed by atoms with E-state index in [1.54, 1.807) is 10.7 Å². The second-order valence-electron chi connectivity index (χ2n) is 7.13. The molecule has 7 heteroatoms. The van der Waals surface area contributed by atoms with Crippen molar-refractivity contribution in [3.8, 4) is 6.07 Å². The third-order valence-corrected chi connectivity index (χ3v) is 4.30. The highest BCUT2D eigenvalue weighted by atomic mass is 35.5. The summed E-state index contributed by atoms with van der Waals surface area (Å²) in [4.78, 5) is 2.30. The van der Waals surface area contributed by atoms with Gasteiger partial charge in [-0.15, -0.1) is 5.10 Å². The van der Waals surface area contributed by atoms with Gasteiger partial charge in [0.05, 0.1) is 16.6 Å². The third-order valence-electron chi connectivity index (χ3n) is 3.99. The largest absolute Gasteiger partial charge is 0.361 e. The fraction of sp³-hybridized carbons (Fsp3) is 0.556. The van der Waals surface area contributed by atoms with Gasteiger partial charge in [0.1, 0.15) is 6.07 Å². The first-order valence-corrected chi connectivity index (χ1v) is 8.89. The molecule has 0 saturated carbocycles. The van der Waals surface area contributed by atoms with Crippen LogP contribution in [-0.4, -0.2) is 26.8 Å². The topological polar surface area (TPSA) is 70.6 Å². The van der Waals surface area contributed by atoms with Crippen LogP contribution >= 0.6 is 11.6 Å². The van der Waals surface area contributed by atoms with Gasteiger partial charge in [-0.05, 0) is 46.9 Å². The number of hydrogen-bond acceptors (Lipinski definition) is 5. The van der Waals surface area contributed by atoms with Crippen LogP contribution in [0.3, 0.4) is 0 Å². The van der Waals surface area contributed by atoms with Crippen LogP contribution in [-0.2, 0) is 7.05 Å². The molecule has 0 aliphatic carbocycles. The minimum atomic E-state index is 0.0337. The van der Waals surface area contributed by atoms with E-state index in [1.165, 1.54) is 0 Å². The van der Waals surface area contributed by atoms with E-state index in [0.29, 0.717) is 22.4 Å². The first-order chi connectivity index (χ1) is 11.8. The first kappa shape index (κ1) is 19.2. The van der Waals surface area contributed by atoms with Crippen molar-refractivity contribution in [1.82, 2.24) is 20.2 Å². The van der Waals surface area contributed by atoms with E-state index in [0.717, 1.165) is 24.5 Å². The van der Waals surface area contributed by atoms with Crippen molar-refractivity contribution in [1.29, 1.82) is 5.26 Å². The van der Waals surface area contributed by atoms with Gasteiger partial charge in [0.25, 0.3) is 0 Å². The molecule has 0 aliphatic rings. The second-order valence-corrected chi connectivity index (χ2v) is 7.54. The molecule has 1 heterocycles. The number of anilines is 1. The third kappa shape index (κ3) is 4.70. The van der Waals surface area contributed by atoms with Crippen molar-refractivity contribution < 1.29 is 0 Å². The number of nitriles is 1. The molecular weight excluding hydrogens is 336 g/mol. The number of benzene rings is 1. The van der Waals surface area contributed by atoms with Crippen molar-refractivity contribution in [3.05, 3.63) is 34.6 Å². The lowest BCUT2D eigenvalue weighted by Crippen LogP contribution is -2.34. The van der Waals surface area contributed by atoms with Crippen LogP contribution in [0.4, 0.5) is 5.69 Å². The van der Waals surface area contributed by atoms with Gasteiger partial charge in [-0.3, -0.25) is 0 Å². The van der Waals surface area contributed by atoms with Gasteiger partial charge >= 0.3 is 0 Å². The predicted molar refractivity (Wildman–Crippen MR) is 99.3 cm³/mol. The average molecular weight is 361 g/mol. The van der Waals surface area contributed by atoms with E-state index in [1.807, 2.05) is 19.2 Å². The molecule has 0 radical (unpaired) electrons. The SMILES string of the molecule is CC(C)CC(c1nnnn1C)N(CC(C)C)c1ccc(C#N)c(Cl)c1. The van der Waals surface area contributed by atoms with Crippen molar-refractivity contribution in [3.63, 3.8) is 0 Å². The maximum absolute atomic E-state index is 9.13. The molecule has 0 amide bonds. The Morgan fingerprint density at radius 3 is 2.44 bits per heavy atom. The Bertz CT molecular complexity index is 746. The molecular formula is C18H25ClN6. The highest BCUT2D eigenvalue weighted by Crippen LogP contribution is 2.33. The van der Waals surface area contributed by atoms with Crippen LogP contribution < -0.4 is 4.90 Å². The van der Waals surface area contributed by atoms with Gasteiger partial charge < -0.3 is 4.90 Å². The summed E-state index contributed by atoms with van der Waals surface area (Å²) >= 11 is 6.28. The van der Waals surface area contributed by atoms with Crippen LogP contribution in [0, 0.1) is 23.2 Å². The maximum Gasteiger partial charge on any atom is 0.173 e. The molecule has 0 spiro atoms. The molecule has 0 saturated heterocycles. The molecule has 0 bridgehead atoms. The number of tetrazole rings is 1. The first-order valence-electron chi connectivity index (χ1n) is 8.52. The Balaban J connectivity index is 2.50. The summed E-state index contributed by atoms with van der Waals surface area (Å²) in [5.41, 5.74) is 1.46. The van der Waals surface area contributed by atoms with Gasteiger partial charge in [0, 0.05) is 19.3 Å². The molecule has 0 N–H and O–H groups in total. The summed E-state index contributed by atoms with van der Waals surface area (Å²) in [5, 5.41) is 21.7. The van der Waals surface area contributed by atoms with E-state index >= 15 is 0 Å². The Kier molecular flexibility index (Phi) is 6.38. The van der Waals surface area contributed by atoms with Gasteiger partial charge in [-0.2, -0.15) is 5.26 Å². The van der Waals surface area contributed by atoms with E-state index in [2.05, 4.69) is 54.2 Å². The zero-order valence-corrected chi connectivity index (χ0v) is 16.2. The number of nitrogens with zero attached hydrogens (tertiary/aromatic N) is 6. The number of halogens is 1. The lowest BCUT2D eigenvalue weighted by Gasteiger charge is -2.35. The van der Waals surface area contributed by atoms with Crippen LogP contribution in [0.2, 0.25) is 5.02 Å². The highest BCUT2D eigenvalue weighted by molar-refractivity contribution is 6.32. The number of aromatic nitrogens is 4. The summed E-state index contributed by atoms with van der Waals surface area (Å²) in [7, 11) is 1.86. The zero-order valence-electron chi connectivity index (χ0n) is 15.4. The molecule has 2 aromatic rings. The minimum Gasteiger partial charge on any atom is -0.361 e. The summed E-state index contributed by atoms with van der Waals surface area (Å²) in [5.74, 6) is 1.75. The van der Waals surface area contributed by atoms with E-state index in [4.69, 9.17) is 16.9 Å². The standard InChI is InChI=1S/C18H25ClN6/c1-12(2)8-17(18-21-22-23-24(18)5)25(11-13(3)4)15-7-6-14(10-20)16(19)9-15/h6-7,9,12-13,17H,8,11H2,1-5H3. The van der Waals surface area contributed by atoms with Crippen LogP contribution in [0.5, 0.6) is 0 Å². The summed E-state index contributed by atoms with van der Waals surface area (Å²) in [6, 6.07) is 7.73. The van der Waals surface area contributed by atoms with E-state index < -0.39 is 0 Å². The lowest BCUT2D eigenvalue weighted by atomic mass is 9.99. The summed E-state index contributed by atoms with van der Waals surface area (Å²) in [6.07, 6.45) is 0.915. The summed E-state index contributed by atoms with van der Waals surface area (Å²) < 4.78 is 1.73. The monoisotopic (exact) mass is 360 g/mol. The molecule has 6 nitrogen and oxygen atoms in total. The Morgan fingerprint density at radius 2 is 1.96 bits per heavy atom. The van der Waals surface area contributed by atoms with Gasteiger partial charge in [-0.1, -0.05) is 39.3 Å². The van der Waals surface area contributed by atoms with E-state index in [9.17, 15) is 0 Å². The van der Waals surface area contributed by atoms with Gasteiger partial charge in [-0.25, -0.2) is 4.68 Å². The van der Waals surface area contributed by atoms with Crippen molar-refractivity contribution in [2.75, 3.05) is 11.4 Å². The minimum absolute atomic E-state index is 0.0337. The molecule has 2 rings (SSSR count). The van der Waals surface area contributed by atoms with Crippen LogP contribution in [0.1, 0.15) is 51.5 Å². The molecule has 1 aromatic carbocycles. The summed E-state index contributed by atoms with van der Waals surface area (Å²) in [6.45, 7) is 9.58. The van der Waals surface area contributed by atoms with Crippen LogP contribution in [0.15, 0.2) is 18.2 Å². The lowest BCUT2D eigenvalue weighted by molar-refractivity contribution is 0.429. The normalized spacial score (nSPS) is 12.4. The van der Waals surface area contributed by atoms with E-state index in [-0.39, 0.29) is 6.04 Å². The molecule has 1 atom stereocenters. The molecule has 134 valence electrons. The molecule has 0 aliphatic heterocycles. The second kappa shape index (κ2) is 8.30. The molecule has 0 fully saturated rings. The molecule has 1 unspecified atom stereocenters. The fourth-order valence-electron chi connectivity index (χ4n) is 2.92. The number of rotatable bonds is 7. The number of aryl methyl sites for hydroxylation is 1. The molecule has 25 heavy (non-hydrogen) atoms. The number of hydrogen-bond donors (Lipinski definition) is 0. The highest BCUT2D eigenvalue weighted by Gasteiger charge is 2.27. The van der Waals surface area contributed by atoms with Crippen molar-refractivity contribution in [2.24, 2.45) is 18.9 Å². The Labute approximate surface area is 154 Å². The predicted octanol–water partition coefficient (Wildman–Crippen LogP) is 3.98. The zero-order chi connectivity index (χ0) is 18.6. The quantitative estimate of drug-likeness (QED) is 0.746. The Morgan fingerprint density at radius 1 is 1.24 bits per heavy atom. The molecule has 1 aromatic heterocycles. The van der Waals surface area contributed by atoms with Gasteiger partial charge in [0.2, 0.25) is 0 Å². The van der Waals surface area contributed by atoms with Crippen molar-refractivity contribution in [2.45, 2.75) is 40.2 Å². The Hall–Kier alpha value is -2.13. The average Bonchev–Trinajstić information content (AvgIpc) is 2.96. The maximum atomic E-state index is 9.13. The smallest absolute Gasteiger partial charge is 0.173 e. The van der Waals surface area contributed by atoms with Crippen molar-refractivity contribution >= 4 is 17.3 Å².